The standard InChI is InChI=1S/C48H59FN2O7S/c1-3-26-56-48-44(51(47(54)34-18-19-34)32-33-16-20-36(49)21-17-33)31-42(50-57-4-2)40-29-35(12-8-10-24-52)39(15-9-11-25-53)45(46(40)48)41-30-37(22-23-43(41)58-48)55-27-28-59-38-13-6-5-7-14-38/h3,5-7,13-14,16-17,20-23,29-30,34-35,39,44-46,52-53H,1,4,8-12,15,18-19,24-28,31-32H2,2H3/t35-,39+,44-,45+,46+,48+/m0/s1. The zero-order chi connectivity index (χ0) is 41.2. The number of ether oxygens (including phenoxy) is 3. The number of fused-ring (bicyclic) bond motifs is 2. The van der Waals surface area contributed by atoms with E-state index in [0.717, 1.165) is 72.4 Å². The molecule has 1 aliphatic heterocycles. The monoisotopic (exact) mass is 826 g/mol. The Kier molecular flexibility index (Phi) is 14.9. The fraction of sp³-hybridized carbons (Fsp3) is 0.500. The Balaban J connectivity index is 1.37. The van der Waals surface area contributed by atoms with Crippen molar-refractivity contribution in [3.8, 4) is 11.5 Å². The summed E-state index contributed by atoms with van der Waals surface area (Å²) in [5, 5.41) is 24.6. The van der Waals surface area contributed by atoms with Crippen LogP contribution in [0.4, 0.5) is 4.39 Å². The number of halogens is 1. The molecule has 59 heavy (non-hydrogen) atoms. The summed E-state index contributed by atoms with van der Waals surface area (Å²) < 4.78 is 35.1. The smallest absolute Gasteiger partial charge is 0.239 e. The first kappa shape index (κ1) is 42.9. The third kappa shape index (κ3) is 9.91. The van der Waals surface area contributed by atoms with Crippen LogP contribution in [0, 0.1) is 29.5 Å². The number of carbonyl (C=O) groups excluding carboxylic acids is 1. The number of hydrogen-bond donors (Lipinski definition) is 2. The average Bonchev–Trinajstić information content (AvgIpc) is 4.11. The molecule has 1 amide bonds. The summed E-state index contributed by atoms with van der Waals surface area (Å²) in [6.45, 7) is 7.49. The summed E-state index contributed by atoms with van der Waals surface area (Å²) in [7, 11) is 0. The number of allylic oxidation sites excluding steroid dienone is 1. The second-order valence-electron chi connectivity index (χ2n) is 16.1. The molecule has 316 valence electrons. The lowest BCUT2D eigenvalue weighted by Gasteiger charge is -2.60. The number of hydrogen-bond acceptors (Lipinski definition) is 9. The number of amides is 1. The largest absolute Gasteiger partial charge is 0.493 e. The number of carbonyl (C=O) groups is 1. The van der Waals surface area contributed by atoms with E-state index in [0.29, 0.717) is 38.2 Å². The average molecular weight is 827 g/mol. The molecule has 11 heteroatoms. The molecular weight excluding hydrogens is 768 g/mol. The summed E-state index contributed by atoms with van der Waals surface area (Å²) in [6.07, 6.45) is 10.8. The molecule has 2 N–H and O–H groups in total. The first-order valence-electron chi connectivity index (χ1n) is 21.5. The lowest BCUT2D eigenvalue weighted by molar-refractivity contribution is -0.258. The molecule has 0 spiro atoms. The van der Waals surface area contributed by atoms with Crippen molar-refractivity contribution >= 4 is 23.4 Å². The molecule has 3 aromatic rings. The van der Waals surface area contributed by atoms with Crippen molar-refractivity contribution in [2.24, 2.45) is 28.8 Å². The lowest BCUT2D eigenvalue weighted by atomic mass is 9.55. The van der Waals surface area contributed by atoms with Gasteiger partial charge in [0.05, 0.1) is 24.8 Å². The highest BCUT2D eigenvalue weighted by Gasteiger charge is 2.66. The fourth-order valence-electron chi connectivity index (χ4n) is 9.41. The Hall–Kier alpha value is -4.16. The van der Waals surface area contributed by atoms with Gasteiger partial charge in [-0.15, -0.1) is 18.3 Å². The molecule has 0 aromatic heterocycles. The molecule has 2 saturated carbocycles. The Labute approximate surface area is 352 Å². The van der Waals surface area contributed by atoms with Crippen molar-refractivity contribution in [1.29, 1.82) is 0 Å². The quantitative estimate of drug-likeness (QED) is 0.0447. The topological polar surface area (TPSA) is 110 Å². The number of aliphatic hydroxyl groups is 2. The molecule has 3 aliphatic carbocycles. The summed E-state index contributed by atoms with van der Waals surface area (Å²) >= 11 is 1.75. The third-order valence-corrected chi connectivity index (χ3v) is 13.1. The second kappa shape index (κ2) is 20.4. The minimum atomic E-state index is -1.35. The van der Waals surface area contributed by atoms with Crippen LogP contribution in [-0.4, -0.2) is 77.3 Å². The van der Waals surface area contributed by atoms with Crippen LogP contribution in [0.3, 0.4) is 0 Å². The molecule has 3 aromatic carbocycles. The van der Waals surface area contributed by atoms with Crippen LogP contribution in [0.25, 0.3) is 0 Å². The van der Waals surface area contributed by atoms with E-state index in [-0.39, 0.29) is 61.8 Å². The summed E-state index contributed by atoms with van der Waals surface area (Å²) in [5.41, 5.74) is 3.57. The van der Waals surface area contributed by atoms with Gasteiger partial charge < -0.3 is 34.2 Å². The van der Waals surface area contributed by atoms with E-state index in [2.05, 4.69) is 30.9 Å². The number of aliphatic hydroxyl groups excluding tert-OH is 2. The van der Waals surface area contributed by atoms with Crippen LogP contribution in [0.1, 0.15) is 81.8 Å². The van der Waals surface area contributed by atoms with Crippen molar-refractivity contribution in [2.45, 2.75) is 93.9 Å². The van der Waals surface area contributed by atoms with Crippen LogP contribution in [0.5, 0.6) is 11.5 Å². The zero-order valence-electron chi connectivity index (χ0n) is 34.2. The minimum Gasteiger partial charge on any atom is -0.493 e. The van der Waals surface area contributed by atoms with E-state index in [1.807, 2.05) is 42.2 Å². The maximum Gasteiger partial charge on any atom is 0.239 e. The number of nitrogens with zero attached hydrogens (tertiary/aromatic N) is 2. The van der Waals surface area contributed by atoms with Gasteiger partial charge in [-0.3, -0.25) is 4.79 Å². The number of thioether (sulfide) groups is 1. The van der Waals surface area contributed by atoms with E-state index in [4.69, 9.17) is 24.2 Å². The van der Waals surface area contributed by atoms with Gasteiger partial charge in [0.1, 0.15) is 30.0 Å². The lowest BCUT2D eigenvalue weighted by Crippen LogP contribution is -2.70. The maximum atomic E-state index is 14.6. The van der Waals surface area contributed by atoms with Crippen LogP contribution >= 0.6 is 11.8 Å². The highest BCUT2D eigenvalue weighted by atomic mass is 32.2. The fourth-order valence-corrected chi connectivity index (χ4v) is 10.2. The highest BCUT2D eigenvalue weighted by Crippen LogP contribution is 2.62. The number of oxime groups is 1. The highest BCUT2D eigenvalue weighted by molar-refractivity contribution is 7.99. The molecule has 9 nitrogen and oxygen atoms in total. The normalized spacial score (nSPS) is 25.0. The van der Waals surface area contributed by atoms with E-state index in [1.165, 1.54) is 17.0 Å². The Bertz CT molecular complexity index is 1920. The van der Waals surface area contributed by atoms with Crippen LogP contribution in [0.15, 0.2) is 107 Å². The number of rotatable bonds is 22. The predicted molar refractivity (Wildman–Crippen MR) is 229 cm³/mol. The van der Waals surface area contributed by atoms with Gasteiger partial charge in [-0.2, -0.15) is 0 Å². The van der Waals surface area contributed by atoms with Gasteiger partial charge in [0.25, 0.3) is 0 Å². The van der Waals surface area contributed by atoms with Crippen molar-refractivity contribution < 1.29 is 38.4 Å². The number of benzene rings is 3. The molecule has 4 aliphatic rings. The Morgan fingerprint density at radius 1 is 1.03 bits per heavy atom. The van der Waals surface area contributed by atoms with Gasteiger partial charge in [-0.05, 0) is 111 Å². The van der Waals surface area contributed by atoms with E-state index < -0.39 is 17.7 Å². The second-order valence-corrected chi connectivity index (χ2v) is 17.2. The van der Waals surface area contributed by atoms with Crippen LogP contribution < -0.4 is 9.47 Å². The molecule has 0 bridgehead atoms. The first-order chi connectivity index (χ1) is 28.9. The van der Waals surface area contributed by atoms with Gasteiger partial charge in [0.15, 0.2) is 0 Å². The SMILES string of the molecule is C=CCO[C@@]12Oc3ccc(OCCSc4ccccc4)cc3[C@H]3[C@H](CCCCO)[C@@H](CCCCO)C=C(C(=NOCC)C[C@@H]1N(Cc1ccc(F)cc1)C(=O)C1CC1)[C@H]32. The van der Waals surface area contributed by atoms with Crippen molar-refractivity contribution in [2.75, 3.05) is 38.8 Å². The van der Waals surface area contributed by atoms with E-state index >= 15 is 0 Å². The molecular formula is C48H59FN2O7S. The minimum absolute atomic E-state index is 0.0179. The maximum absolute atomic E-state index is 14.6. The molecule has 1 heterocycles. The summed E-state index contributed by atoms with van der Waals surface area (Å²) in [6, 6.07) is 22.1. The number of unbranched alkanes of at least 4 members (excludes halogenated alkanes) is 2. The predicted octanol–water partition coefficient (Wildman–Crippen LogP) is 9.09. The molecule has 2 fully saturated rings. The van der Waals surface area contributed by atoms with Crippen molar-refractivity contribution in [1.82, 2.24) is 4.90 Å². The first-order valence-corrected chi connectivity index (χ1v) is 22.4. The molecule has 0 saturated heterocycles. The van der Waals surface area contributed by atoms with Crippen molar-refractivity contribution in [3.05, 3.63) is 114 Å². The summed E-state index contributed by atoms with van der Waals surface area (Å²) in [4.78, 5) is 23.6. The van der Waals surface area contributed by atoms with Crippen molar-refractivity contribution in [3.63, 3.8) is 0 Å². The van der Waals surface area contributed by atoms with Gasteiger partial charge in [-0.1, -0.05) is 60.5 Å². The van der Waals surface area contributed by atoms with Gasteiger partial charge in [0.2, 0.25) is 11.7 Å². The zero-order valence-corrected chi connectivity index (χ0v) is 35.0. The Morgan fingerprint density at radius 2 is 1.80 bits per heavy atom. The Morgan fingerprint density at radius 3 is 2.51 bits per heavy atom. The van der Waals surface area contributed by atoms with Crippen LogP contribution in [0.2, 0.25) is 0 Å². The van der Waals surface area contributed by atoms with Gasteiger partial charge >= 0.3 is 0 Å². The van der Waals surface area contributed by atoms with E-state index in [9.17, 15) is 19.4 Å². The third-order valence-electron chi connectivity index (χ3n) is 12.2. The van der Waals surface area contributed by atoms with Gasteiger partial charge in [0, 0.05) is 54.2 Å². The van der Waals surface area contributed by atoms with E-state index in [1.54, 1.807) is 30.0 Å². The molecule has 0 radical (unpaired) electrons. The molecule has 0 unspecified atom stereocenters. The van der Waals surface area contributed by atoms with Crippen LogP contribution in [-0.2, 0) is 20.9 Å². The molecule has 6 atom stereocenters. The summed E-state index contributed by atoms with van der Waals surface area (Å²) in [5.74, 6) is 0.0864. The molecule has 7 rings (SSSR count). The van der Waals surface area contributed by atoms with Gasteiger partial charge in [-0.25, -0.2) is 4.39 Å².